The molecule has 116 valence electrons. The number of rotatable bonds is 5. The van der Waals surface area contributed by atoms with Crippen LogP contribution >= 0.6 is 11.6 Å². The molecule has 2 aromatic rings. The molecule has 0 atom stereocenters. The van der Waals surface area contributed by atoms with Gasteiger partial charge in [0.2, 0.25) is 0 Å². The highest BCUT2D eigenvalue weighted by Crippen LogP contribution is 2.25. The minimum Gasteiger partial charge on any atom is -0.379 e. The van der Waals surface area contributed by atoms with E-state index < -0.39 is 10.1 Å². The van der Waals surface area contributed by atoms with Crippen LogP contribution < -0.4 is 4.18 Å². The highest BCUT2D eigenvalue weighted by Gasteiger charge is 2.17. The van der Waals surface area contributed by atoms with Gasteiger partial charge in [-0.25, -0.2) is 0 Å². The number of benzene rings is 2. The minimum atomic E-state index is -3.95. The van der Waals surface area contributed by atoms with Crippen molar-refractivity contribution in [1.82, 2.24) is 0 Å². The number of hydrogen-bond donors (Lipinski definition) is 0. The number of carbonyl (C=O) groups is 1. The topological polar surface area (TPSA) is 60.4 Å². The first kappa shape index (κ1) is 16.5. The number of aryl methyl sites for hydroxylation is 1. The first-order valence-corrected chi connectivity index (χ1v) is 8.46. The van der Waals surface area contributed by atoms with E-state index >= 15 is 0 Å². The summed E-state index contributed by atoms with van der Waals surface area (Å²) in [5.74, 6) is 0.0760. The fraction of sp³-hybridized carbons (Fsp3) is 0.188. The summed E-state index contributed by atoms with van der Waals surface area (Å²) in [6, 6.07) is 10.3. The Labute approximate surface area is 134 Å². The Kier molecular flexibility index (Phi) is 4.88. The van der Waals surface area contributed by atoms with Crippen molar-refractivity contribution in [2.75, 3.05) is 0 Å². The Morgan fingerprint density at radius 3 is 2.32 bits per heavy atom. The summed E-state index contributed by atoms with van der Waals surface area (Å²) in [5.41, 5.74) is 1.25. The van der Waals surface area contributed by atoms with Crippen LogP contribution in [0.15, 0.2) is 47.4 Å². The van der Waals surface area contributed by atoms with Crippen LogP contribution in [0, 0.1) is 0 Å². The van der Waals surface area contributed by atoms with Crippen LogP contribution in [0.4, 0.5) is 0 Å². The molecule has 0 spiro atoms. The first-order valence-electron chi connectivity index (χ1n) is 6.67. The van der Waals surface area contributed by atoms with Gasteiger partial charge in [0.25, 0.3) is 0 Å². The summed E-state index contributed by atoms with van der Waals surface area (Å²) in [7, 11) is -3.95. The number of hydrogen-bond acceptors (Lipinski definition) is 4. The standard InChI is InChI=1S/C16H15ClO4S/c1-3-12-10-14(6-9-16(12)17)21-22(19,20)15-7-4-13(5-8-15)11(2)18/h4-10H,3H2,1-2H3. The predicted molar refractivity (Wildman–Crippen MR) is 85.1 cm³/mol. The lowest BCUT2D eigenvalue weighted by molar-refractivity contribution is 0.101. The van der Waals surface area contributed by atoms with Crippen LogP contribution in [0.1, 0.15) is 29.8 Å². The molecule has 0 fully saturated rings. The Balaban J connectivity index is 2.29. The summed E-state index contributed by atoms with van der Waals surface area (Å²) >= 11 is 5.99. The number of halogens is 1. The second kappa shape index (κ2) is 6.50. The molecule has 0 heterocycles. The molecule has 6 heteroatoms. The zero-order valence-electron chi connectivity index (χ0n) is 12.2. The SMILES string of the molecule is CCc1cc(OS(=O)(=O)c2ccc(C(C)=O)cc2)ccc1Cl. The monoisotopic (exact) mass is 338 g/mol. The van der Waals surface area contributed by atoms with Crippen LogP contribution in [0.2, 0.25) is 5.02 Å². The molecule has 4 nitrogen and oxygen atoms in total. The lowest BCUT2D eigenvalue weighted by atomic mass is 10.2. The molecule has 0 bridgehead atoms. The third-order valence-electron chi connectivity index (χ3n) is 3.15. The second-order valence-corrected chi connectivity index (χ2v) is 6.68. The van der Waals surface area contributed by atoms with Gasteiger partial charge in [-0.05, 0) is 49.2 Å². The lowest BCUT2D eigenvalue weighted by Gasteiger charge is -2.09. The quantitative estimate of drug-likeness (QED) is 0.613. The maximum Gasteiger partial charge on any atom is 0.339 e. The van der Waals surface area contributed by atoms with Gasteiger partial charge in [-0.15, -0.1) is 0 Å². The van der Waals surface area contributed by atoms with Crippen LogP contribution in [-0.4, -0.2) is 14.2 Å². The average Bonchev–Trinajstić information content (AvgIpc) is 2.49. The number of Topliss-reactive ketones (excluding diaryl/α,β-unsaturated/α-hetero) is 1. The molecule has 0 aromatic heterocycles. The van der Waals surface area contributed by atoms with Crippen molar-refractivity contribution in [1.29, 1.82) is 0 Å². The summed E-state index contributed by atoms with van der Waals surface area (Å²) in [4.78, 5) is 11.2. The van der Waals surface area contributed by atoms with Gasteiger partial charge in [0, 0.05) is 10.6 Å². The summed E-state index contributed by atoms with van der Waals surface area (Å²) in [6.45, 7) is 3.33. The second-order valence-electron chi connectivity index (χ2n) is 4.72. The van der Waals surface area contributed by atoms with E-state index in [-0.39, 0.29) is 16.4 Å². The van der Waals surface area contributed by atoms with Crippen molar-refractivity contribution in [2.24, 2.45) is 0 Å². The third-order valence-corrected chi connectivity index (χ3v) is 4.78. The van der Waals surface area contributed by atoms with Crippen molar-refractivity contribution < 1.29 is 17.4 Å². The van der Waals surface area contributed by atoms with Gasteiger partial charge in [-0.1, -0.05) is 30.7 Å². The summed E-state index contributed by atoms with van der Waals surface area (Å²) in [5, 5.41) is 0.568. The van der Waals surface area contributed by atoms with Crippen molar-refractivity contribution in [2.45, 2.75) is 25.2 Å². The molecule has 0 saturated heterocycles. The molecule has 0 N–H and O–H groups in total. The Morgan fingerprint density at radius 1 is 1.14 bits per heavy atom. The van der Waals surface area contributed by atoms with Crippen LogP contribution in [0.25, 0.3) is 0 Å². The van der Waals surface area contributed by atoms with Gasteiger partial charge < -0.3 is 4.18 Å². The van der Waals surface area contributed by atoms with Gasteiger partial charge in [0.15, 0.2) is 5.78 Å². The summed E-state index contributed by atoms with van der Waals surface area (Å²) in [6.07, 6.45) is 0.670. The maximum atomic E-state index is 12.2. The number of ketones is 1. The molecule has 0 aliphatic rings. The Hall–Kier alpha value is -1.85. The average molecular weight is 339 g/mol. The van der Waals surface area contributed by atoms with E-state index in [1.54, 1.807) is 12.1 Å². The predicted octanol–water partition coefficient (Wildman–Crippen LogP) is 3.87. The van der Waals surface area contributed by atoms with Gasteiger partial charge in [-0.2, -0.15) is 8.42 Å². The van der Waals surface area contributed by atoms with E-state index in [1.807, 2.05) is 6.92 Å². The van der Waals surface area contributed by atoms with Gasteiger partial charge in [-0.3, -0.25) is 4.79 Å². The van der Waals surface area contributed by atoms with Crippen molar-refractivity contribution in [3.63, 3.8) is 0 Å². The maximum absolute atomic E-state index is 12.2. The van der Waals surface area contributed by atoms with Crippen LogP contribution in [0.5, 0.6) is 5.75 Å². The van der Waals surface area contributed by atoms with E-state index in [0.717, 1.165) is 5.56 Å². The normalized spacial score (nSPS) is 11.2. The molecule has 0 aliphatic heterocycles. The molecule has 0 saturated carbocycles. The lowest BCUT2D eigenvalue weighted by Crippen LogP contribution is -2.10. The molecular formula is C16H15ClO4S. The molecule has 0 amide bonds. The smallest absolute Gasteiger partial charge is 0.339 e. The highest BCUT2D eigenvalue weighted by atomic mass is 35.5. The largest absolute Gasteiger partial charge is 0.379 e. The van der Waals surface area contributed by atoms with Crippen LogP contribution in [0.3, 0.4) is 0 Å². The fourth-order valence-electron chi connectivity index (χ4n) is 1.90. The molecule has 22 heavy (non-hydrogen) atoms. The first-order chi connectivity index (χ1) is 10.3. The van der Waals surface area contributed by atoms with E-state index in [0.29, 0.717) is 17.0 Å². The van der Waals surface area contributed by atoms with Gasteiger partial charge in [0.1, 0.15) is 10.6 Å². The highest BCUT2D eigenvalue weighted by molar-refractivity contribution is 7.87. The minimum absolute atomic E-state index is 0.00880. The third kappa shape index (κ3) is 3.67. The molecule has 0 radical (unpaired) electrons. The molecular weight excluding hydrogens is 324 g/mol. The van der Waals surface area contributed by atoms with Gasteiger partial charge >= 0.3 is 10.1 Å². The van der Waals surface area contributed by atoms with E-state index in [1.165, 1.54) is 37.3 Å². The van der Waals surface area contributed by atoms with Crippen LogP contribution in [-0.2, 0) is 16.5 Å². The summed E-state index contributed by atoms with van der Waals surface area (Å²) < 4.78 is 29.6. The van der Waals surface area contributed by atoms with Crippen molar-refractivity contribution >= 4 is 27.5 Å². The van der Waals surface area contributed by atoms with Crippen molar-refractivity contribution in [3.05, 3.63) is 58.6 Å². The zero-order chi connectivity index (χ0) is 16.3. The number of carbonyl (C=O) groups excluding carboxylic acids is 1. The van der Waals surface area contributed by atoms with E-state index in [9.17, 15) is 13.2 Å². The Morgan fingerprint density at radius 2 is 1.77 bits per heavy atom. The fourth-order valence-corrected chi connectivity index (χ4v) is 3.08. The van der Waals surface area contributed by atoms with Gasteiger partial charge in [0.05, 0.1) is 0 Å². The van der Waals surface area contributed by atoms with E-state index in [2.05, 4.69) is 0 Å². The Bertz CT molecular complexity index is 795. The van der Waals surface area contributed by atoms with E-state index in [4.69, 9.17) is 15.8 Å². The molecule has 2 aromatic carbocycles. The van der Waals surface area contributed by atoms with Crippen molar-refractivity contribution in [3.8, 4) is 5.75 Å². The molecule has 0 unspecified atom stereocenters. The molecule has 2 rings (SSSR count). The molecule has 0 aliphatic carbocycles. The zero-order valence-corrected chi connectivity index (χ0v) is 13.7.